The van der Waals surface area contributed by atoms with E-state index in [4.69, 9.17) is 16.3 Å². The van der Waals surface area contributed by atoms with Gasteiger partial charge in [0.15, 0.2) is 0 Å². The van der Waals surface area contributed by atoms with Crippen molar-refractivity contribution in [2.45, 2.75) is 19.3 Å². The van der Waals surface area contributed by atoms with Gasteiger partial charge in [-0.25, -0.2) is 4.79 Å². The number of esters is 1. The van der Waals surface area contributed by atoms with Gasteiger partial charge in [-0.3, -0.25) is 4.68 Å². The van der Waals surface area contributed by atoms with Gasteiger partial charge in [0.2, 0.25) is 0 Å². The fourth-order valence-corrected chi connectivity index (χ4v) is 1.87. The van der Waals surface area contributed by atoms with Crippen molar-refractivity contribution in [3.05, 3.63) is 53.3 Å². The van der Waals surface area contributed by atoms with Gasteiger partial charge in [-0.2, -0.15) is 5.10 Å². The van der Waals surface area contributed by atoms with E-state index in [2.05, 4.69) is 5.10 Å². The molecule has 0 saturated heterocycles. The number of aromatic nitrogens is 2. The third kappa shape index (κ3) is 3.58. The Hall–Kier alpha value is -1.81. The largest absolute Gasteiger partial charge is 0.462 e. The molecule has 19 heavy (non-hydrogen) atoms. The fraction of sp³-hybridized carbons (Fsp3) is 0.286. The summed E-state index contributed by atoms with van der Waals surface area (Å²) in [5.74, 6) is 0.168. The molecule has 0 aliphatic heterocycles. The molecule has 2 aromatic rings. The van der Waals surface area contributed by atoms with Crippen molar-refractivity contribution in [3.8, 4) is 0 Å². The topological polar surface area (TPSA) is 44.1 Å². The van der Waals surface area contributed by atoms with Crippen LogP contribution >= 0.6 is 11.6 Å². The first-order valence-electron chi connectivity index (χ1n) is 6.06. The lowest BCUT2D eigenvalue weighted by Crippen LogP contribution is -2.04. The third-order valence-electron chi connectivity index (χ3n) is 2.67. The van der Waals surface area contributed by atoms with Crippen molar-refractivity contribution < 1.29 is 9.53 Å². The summed E-state index contributed by atoms with van der Waals surface area (Å²) >= 11 is 5.74. The van der Waals surface area contributed by atoms with Gasteiger partial charge in [0.1, 0.15) is 0 Å². The molecule has 0 aliphatic rings. The molecular weight excluding hydrogens is 264 g/mol. The Morgan fingerprint density at radius 1 is 1.32 bits per heavy atom. The van der Waals surface area contributed by atoms with Gasteiger partial charge in [0, 0.05) is 12.1 Å². The molecule has 0 N–H and O–H groups in total. The van der Waals surface area contributed by atoms with Crippen molar-refractivity contribution in [1.29, 1.82) is 0 Å². The van der Waals surface area contributed by atoms with E-state index in [1.807, 2.05) is 24.3 Å². The van der Waals surface area contributed by atoms with Gasteiger partial charge in [0.05, 0.1) is 24.9 Å². The first-order valence-corrected chi connectivity index (χ1v) is 6.59. The Labute approximate surface area is 116 Å². The zero-order valence-electron chi connectivity index (χ0n) is 10.7. The SMILES string of the molecule is CCOC(=O)c1cnn(Cc2ccc(CCl)cc2)c1. The smallest absolute Gasteiger partial charge is 0.341 e. The van der Waals surface area contributed by atoms with Gasteiger partial charge in [-0.1, -0.05) is 24.3 Å². The summed E-state index contributed by atoms with van der Waals surface area (Å²) in [5.41, 5.74) is 2.66. The van der Waals surface area contributed by atoms with Gasteiger partial charge in [0.25, 0.3) is 0 Å². The summed E-state index contributed by atoms with van der Waals surface area (Å²) in [4.78, 5) is 11.5. The maximum absolute atomic E-state index is 11.5. The van der Waals surface area contributed by atoms with Crippen molar-refractivity contribution in [1.82, 2.24) is 9.78 Å². The second-order valence-electron chi connectivity index (χ2n) is 4.10. The van der Waals surface area contributed by atoms with E-state index in [0.29, 0.717) is 24.6 Å². The van der Waals surface area contributed by atoms with Crippen LogP contribution in [0.2, 0.25) is 0 Å². The molecule has 0 aliphatic carbocycles. The average Bonchev–Trinajstić information content (AvgIpc) is 2.88. The van der Waals surface area contributed by atoms with Crippen LogP contribution in [-0.4, -0.2) is 22.4 Å². The number of alkyl halides is 1. The van der Waals surface area contributed by atoms with Crippen molar-refractivity contribution in [2.24, 2.45) is 0 Å². The fourth-order valence-electron chi connectivity index (χ4n) is 1.69. The molecule has 0 radical (unpaired) electrons. The average molecular weight is 279 g/mol. The number of halogens is 1. The first kappa shape index (κ1) is 13.6. The van der Waals surface area contributed by atoms with E-state index in [1.54, 1.807) is 17.8 Å². The molecular formula is C14H15ClN2O2. The van der Waals surface area contributed by atoms with Gasteiger partial charge in [-0.15, -0.1) is 11.6 Å². The number of carbonyl (C=O) groups excluding carboxylic acids is 1. The highest BCUT2D eigenvalue weighted by molar-refractivity contribution is 6.17. The maximum atomic E-state index is 11.5. The second kappa shape index (κ2) is 6.38. The van der Waals surface area contributed by atoms with E-state index >= 15 is 0 Å². The molecule has 100 valence electrons. The molecule has 0 spiro atoms. The van der Waals surface area contributed by atoms with Crippen LogP contribution in [0.4, 0.5) is 0 Å². The minimum absolute atomic E-state index is 0.341. The quantitative estimate of drug-likeness (QED) is 0.624. The number of nitrogens with zero attached hydrogens (tertiary/aromatic N) is 2. The molecule has 1 aromatic heterocycles. The second-order valence-corrected chi connectivity index (χ2v) is 4.36. The predicted molar refractivity (Wildman–Crippen MR) is 73.3 cm³/mol. The summed E-state index contributed by atoms with van der Waals surface area (Å²) in [5, 5.41) is 4.15. The van der Waals surface area contributed by atoms with E-state index in [9.17, 15) is 4.79 Å². The number of rotatable bonds is 5. The zero-order valence-corrected chi connectivity index (χ0v) is 11.4. The molecule has 2 rings (SSSR count). The van der Waals surface area contributed by atoms with Crippen LogP contribution < -0.4 is 0 Å². The van der Waals surface area contributed by atoms with Crippen molar-refractivity contribution in [2.75, 3.05) is 6.61 Å². The molecule has 1 heterocycles. The standard InChI is InChI=1S/C14H15ClN2O2/c1-2-19-14(18)13-8-16-17(10-13)9-12-5-3-11(7-15)4-6-12/h3-6,8,10H,2,7,9H2,1H3. The number of carbonyl (C=O) groups is 1. The lowest BCUT2D eigenvalue weighted by atomic mass is 10.1. The Bertz CT molecular complexity index is 549. The number of benzene rings is 1. The Morgan fingerprint density at radius 2 is 2.00 bits per heavy atom. The summed E-state index contributed by atoms with van der Waals surface area (Å²) in [7, 11) is 0. The Balaban J connectivity index is 2.04. The highest BCUT2D eigenvalue weighted by atomic mass is 35.5. The van der Waals surface area contributed by atoms with Gasteiger partial charge in [-0.05, 0) is 18.1 Å². The Kier molecular flexibility index (Phi) is 4.58. The van der Waals surface area contributed by atoms with E-state index in [0.717, 1.165) is 11.1 Å². The summed E-state index contributed by atoms with van der Waals surface area (Å²) in [6, 6.07) is 7.98. The van der Waals surface area contributed by atoms with Crippen LogP contribution in [0.25, 0.3) is 0 Å². The normalized spacial score (nSPS) is 10.4. The van der Waals surface area contributed by atoms with Crippen molar-refractivity contribution >= 4 is 17.6 Å². The minimum atomic E-state index is -0.341. The molecule has 0 fully saturated rings. The molecule has 5 heteroatoms. The van der Waals surface area contributed by atoms with Gasteiger partial charge < -0.3 is 4.74 Å². The molecule has 1 aromatic carbocycles. The van der Waals surface area contributed by atoms with Crippen LogP contribution in [0.5, 0.6) is 0 Å². The first-order chi connectivity index (χ1) is 9.22. The molecule has 0 atom stereocenters. The Morgan fingerprint density at radius 3 is 2.63 bits per heavy atom. The van der Waals surface area contributed by atoms with E-state index in [-0.39, 0.29) is 5.97 Å². The van der Waals surface area contributed by atoms with E-state index < -0.39 is 0 Å². The van der Waals surface area contributed by atoms with E-state index in [1.165, 1.54) is 6.20 Å². The molecule has 0 bridgehead atoms. The summed E-state index contributed by atoms with van der Waals surface area (Å²) in [6.07, 6.45) is 3.21. The lowest BCUT2D eigenvalue weighted by molar-refractivity contribution is 0.0526. The lowest BCUT2D eigenvalue weighted by Gasteiger charge is -2.03. The van der Waals surface area contributed by atoms with Gasteiger partial charge >= 0.3 is 5.97 Å². The highest BCUT2D eigenvalue weighted by Gasteiger charge is 2.09. The molecule has 0 unspecified atom stereocenters. The predicted octanol–water partition coefficient (Wildman–Crippen LogP) is 2.85. The number of ether oxygens (including phenoxy) is 1. The highest BCUT2D eigenvalue weighted by Crippen LogP contribution is 2.09. The minimum Gasteiger partial charge on any atom is -0.462 e. The van der Waals surface area contributed by atoms with Crippen LogP contribution in [0.15, 0.2) is 36.7 Å². The molecule has 4 nitrogen and oxygen atoms in total. The molecule has 0 amide bonds. The number of hydrogen-bond donors (Lipinski definition) is 0. The van der Waals surface area contributed by atoms with Crippen molar-refractivity contribution in [3.63, 3.8) is 0 Å². The van der Waals surface area contributed by atoms with Crippen LogP contribution in [0.1, 0.15) is 28.4 Å². The van der Waals surface area contributed by atoms with Crippen LogP contribution in [-0.2, 0) is 17.2 Å². The maximum Gasteiger partial charge on any atom is 0.341 e. The zero-order chi connectivity index (χ0) is 13.7. The van der Waals surface area contributed by atoms with Crippen LogP contribution in [0, 0.1) is 0 Å². The summed E-state index contributed by atoms with van der Waals surface area (Å²) < 4.78 is 6.63. The number of hydrogen-bond acceptors (Lipinski definition) is 3. The summed E-state index contributed by atoms with van der Waals surface area (Å²) in [6.45, 7) is 2.76. The monoisotopic (exact) mass is 278 g/mol. The van der Waals surface area contributed by atoms with Crippen LogP contribution in [0.3, 0.4) is 0 Å². The third-order valence-corrected chi connectivity index (χ3v) is 2.97. The molecule has 0 saturated carbocycles.